The number of aromatic nitrogens is 5. The van der Waals surface area contributed by atoms with Crippen LogP contribution in [-0.2, 0) is 11.8 Å². The van der Waals surface area contributed by atoms with Gasteiger partial charge in [0.05, 0.1) is 17.6 Å². The number of rotatable bonds is 5. The van der Waals surface area contributed by atoms with Crippen LogP contribution in [0, 0.1) is 6.92 Å². The number of aromatic amines is 1. The van der Waals surface area contributed by atoms with Gasteiger partial charge in [-0.3, -0.25) is 9.59 Å². The van der Waals surface area contributed by atoms with Crippen LogP contribution >= 0.6 is 0 Å². The SMILES string of the molecule is Cc1cn(C)c(C(=O)c2ccc(-c3cnc4[nH]cc(C=CC(N)=O)c4n3)cc2)n1. The number of primary amides is 1. The summed E-state index contributed by atoms with van der Waals surface area (Å²) in [6.45, 7) is 1.85. The lowest BCUT2D eigenvalue weighted by molar-refractivity contribution is -0.113. The van der Waals surface area contributed by atoms with Crippen LogP contribution in [0.2, 0.25) is 0 Å². The Morgan fingerprint density at radius 1 is 1.17 bits per heavy atom. The lowest BCUT2D eigenvalue weighted by atomic mass is 10.1. The topological polar surface area (TPSA) is 120 Å². The van der Waals surface area contributed by atoms with Gasteiger partial charge in [-0.2, -0.15) is 0 Å². The van der Waals surface area contributed by atoms with Crippen LogP contribution in [0.4, 0.5) is 0 Å². The van der Waals surface area contributed by atoms with Crippen molar-refractivity contribution in [3.63, 3.8) is 0 Å². The Labute approximate surface area is 166 Å². The van der Waals surface area contributed by atoms with Crippen molar-refractivity contribution < 1.29 is 9.59 Å². The molecule has 0 radical (unpaired) electrons. The number of nitrogens with two attached hydrogens (primary N) is 1. The molecule has 4 aromatic rings. The number of hydrogen-bond acceptors (Lipinski definition) is 5. The lowest BCUT2D eigenvalue weighted by Crippen LogP contribution is -2.08. The summed E-state index contributed by atoms with van der Waals surface area (Å²) in [5, 5.41) is 0. The number of carbonyl (C=O) groups excluding carboxylic acids is 2. The van der Waals surface area contributed by atoms with Crippen LogP contribution in [0.1, 0.15) is 27.4 Å². The van der Waals surface area contributed by atoms with Crippen LogP contribution in [0.3, 0.4) is 0 Å². The number of imidazole rings is 1. The minimum atomic E-state index is -0.536. The Morgan fingerprint density at radius 3 is 2.59 bits per heavy atom. The minimum Gasteiger partial charge on any atom is -0.366 e. The maximum atomic E-state index is 12.7. The van der Waals surface area contributed by atoms with E-state index in [0.717, 1.165) is 11.3 Å². The molecule has 0 fully saturated rings. The molecule has 1 amide bonds. The standard InChI is InChI=1S/C21H18N6O2/c1-12-11-27(2)21(25-12)19(29)14-5-3-13(4-6-14)16-10-24-20-18(26-16)15(9-23-20)7-8-17(22)28/h3-11H,1-2H3,(H2,22,28)(H,23,24). The molecule has 3 aromatic heterocycles. The second kappa shape index (κ2) is 7.16. The highest BCUT2D eigenvalue weighted by atomic mass is 16.1. The van der Waals surface area contributed by atoms with Gasteiger partial charge in [0.2, 0.25) is 11.7 Å². The zero-order chi connectivity index (χ0) is 20.5. The molecule has 0 unspecified atom stereocenters. The molecule has 0 aliphatic rings. The zero-order valence-electron chi connectivity index (χ0n) is 15.9. The maximum Gasteiger partial charge on any atom is 0.241 e. The van der Waals surface area contributed by atoms with Crippen molar-refractivity contribution >= 4 is 28.9 Å². The Morgan fingerprint density at radius 2 is 1.93 bits per heavy atom. The summed E-state index contributed by atoms with van der Waals surface area (Å²) in [7, 11) is 1.80. The van der Waals surface area contributed by atoms with E-state index in [2.05, 4.69) is 19.9 Å². The molecule has 0 atom stereocenters. The third-order valence-electron chi connectivity index (χ3n) is 4.48. The van der Waals surface area contributed by atoms with Gasteiger partial charge in [-0.05, 0) is 13.0 Å². The summed E-state index contributed by atoms with van der Waals surface area (Å²) in [4.78, 5) is 40.0. The quantitative estimate of drug-likeness (QED) is 0.403. The number of aryl methyl sites for hydroxylation is 2. The zero-order valence-corrected chi connectivity index (χ0v) is 15.9. The molecule has 3 N–H and O–H groups in total. The third-order valence-corrected chi connectivity index (χ3v) is 4.48. The molecule has 8 heteroatoms. The van der Waals surface area contributed by atoms with Crippen molar-refractivity contribution in [1.82, 2.24) is 24.5 Å². The first-order valence-corrected chi connectivity index (χ1v) is 8.89. The molecule has 0 saturated heterocycles. The van der Waals surface area contributed by atoms with Crippen LogP contribution in [0.25, 0.3) is 28.5 Å². The minimum absolute atomic E-state index is 0.141. The number of benzene rings is 1. The molecule has 4 rings (SSSR count). The Kier molecular flexibility index (Phi) is 4.52. The van der Waals surface area contributed by atoms with Crippen molar-refractivity contribution in [1.29, 1.82) is 0 Å². The molecule has 0 saturated carbocycles. The molecule has 0 aliphatic carbocycles. The predicted octanol–water partition coefficient (Wildman–Crippen LogP) is 2.40. The number of nitrogens with one attached hydrogen (secondary N) is 1. The highest BCUT2D eigenvalue weighted by Crippen LogP contribution is 2.23. The summed E-state index contributed by atoms with van der Waals surface area (Å²) < 4.78 is 1.72. The monoisotopic (exact) mass is 386 g/mol. The van der Waals surface area contributed by atoms with E-state index in [0.29, 0.717) is 33.8 Å². The fourth-order valence-corrected chi connectivity index (χ4v) is 3.10. The summed E-state index contributed by atoms with van der Waals surface area (Å²) in [6, 6.07) is 7.14. The summed E-state index contributed by atoms with van der Waals surface area (Å²) in [6.07, 6.45) is 8.05. The van der Waals surface area contributed by atoms with E-state index >= 15 is 0 Å². The van der Waals surface area contributed by atoms with Gasteiger partial charge >= 0.3 is 0 Å². The molecule has 0 aliphatic heterocycles. The fraction of sp³-hybridized carbons (Fsp3) is 0.0952. The maximum absolute atomic E-state index is 12.7. The predicted molar refractivity (Wildman–Crippen MR) is 109 cm³/mol. The fourth-order valence-electron chi connectivity index (χ4n) is 3.10. The molecule has 3 heterocycles. The van der Waals surface area contributed by atoms with Crippen LogP contribution in [-0.4, -0.2) is 36.2 Å². The average molecular weight is 386 g/mol. The van der Waals surface area contributed by atoms with Crippen molar-refractivity contribution in [2.24, 2.45) is 12.8 Å². The second-order valence-electron chi connectivity index (χ2n) is 6.66. The van der Waals surface area contributed by atoms with Gasteiger partial charge in [0.25, 0.3) is 0 Å². The number of ketones is 1. The molecule has 29 heavy (non-hydrogen) atoms. The van der Waals surface area contributed by atoms with E-state index in [-0.39, 0.29) is 5.78 Å². The van der Waals surface area contributed by atoms with Crippen molar-refractivity contribution in [2.75, 3.05) is 0 Å². The summed E-state index contributed by atoms with van der Waals surface area (Å²) in [5.41, 5.74) is 9.92. The van der Waals surface area contributed by atoms with E-state index in [9.17, 15) is 9.59 Å². The van der Waals surface area contributed by atoms with Gasteiger partial charge in [0.1, 0.15) is 5.52 Å². The number of H-pyrrole nitrogens is 1. The number of amides is 1. The largest absolute Gasteiger partial charge is 0.366 e. The Hall–Kier alpha value is -4.07. The van der Waals surface area contributed by atoms with Crippen molar-refractivity contribution in [3.8, 4) is 11.3 Å². The second-order valence-corrected chi connectivity index (χ2v) is 6.66. The lowest BCUT2D eigenvalue weighted by Gasteiger charge is -2.04. The third kappa shape index (κ3) is 3.55. The first kappa shape index (κ1) is 18.3. The van der Waals surface area contributed by atoms with Gasteiger partial charge in [-0.15, -0.1) is 0 Å². The van der Waals surface area contributed by atoms with E-state index in [1.807, 2.05) is 25.3 Å². The molecule has 0 spiro atoms. The summed E-state index contributed by atoms with van der Waals surface area (Å²) >= 11 is 0. The average Bonchev–Trinajstić information content (AvgIpc) is 3.27. The smallest absolute Gasteiger partial charge is 0.241 e. The molecule has 144 valence electrons. The number of nitrogens with zero attached hydrogens (tertiary/aromatic N) is 4. The first-order valence-electron chi connectivity index (χ1n) is 8.89. The summed E-state index contributed by atoms with van der Waals surface area (Å²) in [5.74, 6) is -0.278. The van der Waals surface area contributed by atoms with Crippen molar-refractivity contribution in [2.45, 2.75) is 6.92 Å². The van der Waals surface area contributed by atoms with E-state index in [1.165, 1.54) is 6.08 Å². The Bertz CT molecular complexity index is 1260. The highest BCUT2D eigenvalue weighted by molar-refractivity contribution is 6.07. The van der Waals surface area contributed by atoms with Gasteiger partial charge in [-0.1, -0.05) is 24.3 Å². The van der Waals surface area contributed by atoms with E-state index in [1.54, 1.807) is 42.2 Å². The Balaban J connectivity index is 1.66. The first-order chi connectivity index (χ1) is 13.9. The molecular weight excluding hydrogens is 368 g/mol. The van der Waals surface area contributed by atoms with Crippen LogP contribution in [0.15, 0.2) is 48.9 Å². The van der Waals surface area contributed by atoms with Crippen LogP contribution < -0.4 is 5.73 Å². The van der Waals surface area contributed by atoms with E-state index in [4.69, 9.17) is 5.73 Å². The number of carbonyl (C=O) groups is 2. The van der Waals surface area contributed by atoms with Gasteiger partial charge in [-0.25, -0.2) is 15.0 Å². The van der Waals surface area contributed by atoms with Gasteiger partial charge in [0.15, 0.2) is 11.5 Å². The normalized spacial score (nSPS) is 11.4. The molecule has 0 bridgehead atoms. The van der Waals surface area contributed by atoms with Gasteiger partial charge in [0, 0.05) is 42.2 Å². The van der Waals surface area contributed by atoms with E-state index < -0.39 is 5.91 Å². The molecule has 1 aromatic carbocycles. The van der Waals surface area contributed by atoms with Crippen LogP contribution in [0.5, 0.6) is 0 Å². The molecular formula is C21H18N6O2. The van der Waals surface area contributed by atoms with Crippen molar-refractivity contribution in [3.05, 3.63) is 71.6 Å². The highest BCUT2D eigenvalue weighted by Gasteiger charge is 2.15. The number of fused-ring (bicyclic) bond motifs is 1. The number of hydrogen-bond donors (Lipinski definition) is 2. The van der Waals surface area contributed by atoms with Gasteiger partial charge < -0.3 is 15.3 Å². The molecule has 8 nitrogen and oxygen atoms in total.